The number of ether oxygens (including phenoxy) is 1. The second-order valence-electron chi connectivity index (χ2n) is 6.88. The van der Waals surface area contributed by atoms with E-state index in [0.717, 1.165) is 0 Å². The first kappa shape index (κ1) is 23.0. The summed E-state index contributed by atoms with van der Waals surface area (Å²) < 4.78 is 4.48. The van der Waals surface area contributed by atoms with Crippen molar-refractivity contribution >= 4 is 29.1 Å². The molecule has 0 aromatic heterocycles. The highest BCUT2D eigenvalue weighted by molar-refractivity contribution is 6.40. The first-order chi connectivity index (χ1) is 10.2. The second kappa shape index (κ2) is 9.02. The largest absolute Gasteiger partial charge is 0.411 e. The molecule has 0 aliphatic rings. The summed E-state index contributed by atoms with van der Waals surface area (Å²) in [4.78, 5) is 34.0. The summed E-state index contributed by atoms with van der Waals surface area (Å²) in [5.74, 6) is -2.47. The molecule has 0 saturated heterocycles. The molecule has 0 unspecified atom stereocenters. The van der Waals surface area contributed by atoms with Gasteiger partial charge in [-0.1, -0.05) is 31.1 Å². The molecule has 0 rings (SSSR count). The Labute approximate surface area is 136 Å². The van der Waals surface area contributed by atoms with Crippen LogP contribution in [0.5, 0.6) is 0 Å². The number of carbonyl (C=O) groups excluding carboxylic acids is 3. The molecule has 0 aromatic carbocycles. The highest BCUT2D eigenvalue weighted by Gasteiger charge is 2.34. The van der Waals surface area contributed by atoms with Crippen molar-refractivity contribution in [2.75, 3.05) is 0 Å². The van der Waals surface area contributed by atoms with E-state index in [1.807, 2.05) is 0 Å². The molecule has 0 radical (unpaired) electrons. The summed E-state index contributed by atoms with van der Waals surface area (Å²) in [6, 6.07) is 0. The average Bonchev–Trinajstić information content (AvgIpc) is 2.43. The van der Waals surface area contributed by atoms with E-state index in [1.165, 1.54) is 13.8 Å². The second-order valence-corrected chi connectivity index (χ2v) is 6.88. The molecule has 0 aliphatic heterocycles. The van der Waals surface area contributed by atoms with Gasteiger partial charge in [0.1, 0.15) is 11.4 Å². The summed E-state index contributed by atoms with van der Waals surface area (Å²) in [6.45, 7) is 12.7. The van der Waals surface area contributed by atoms with Crippen LogP contribution in [0.25, 0.3) is 0 Å². The molecule has 23 heavy (non-hydrogen) atoms. The van der Waals surface area contributed by atoms with Crippen molar-refractivity contribution in [2.45, 2.75) is 55.4 Å². The van der Waals surface area contributed by atoms with Crippen LogP contribution in [0, 0.1) is 10.8 Å². The number of oxime groups is 2. The van der Waals surface area contributed by atoms with Crippen molar-refractivity contribution in [3.05, 3.63) is 0 Å². The Morgan fingerprint density at radius 3 is 1.35 bits per heavy atom. The van der Waals surface area contributed by atoms with Gasteiger partial charge in [-0.05, 0) is 34.6 Å². The van der Waals surface area contributed by atoms with Gasteiger partial charge in [-0.25, -0.2) is 4.79 Å². The van der Waals surface area contributed by atoms with Crippen LogP contribution in [0.2, 0.25) is 0 Å². The smallest absolute Gasteiger partial charge is 0.382 e. The van der Waals surface area contributed by atoms with Crippen LogP contribution < -0.4 is 0 Å². The Morgan fingerprint density at radius 2 is 1.13 bits per heavy atom. The number of carbonyl (C=O) groups is 3. The summed E-state index contributed by atoms with van der Waals surface area (Å²) >= 11 is 0. The maximum absolute atomic E-state index is 11.4. The van der Waals surface area contributed by atoms with Crippen LogP contribution in [0.3, 0.4) is 0 Å². The minimum Gasteiger partial charge on any atom is -0.411 e. The Morgan fingerprint density at radius 1 is 0.783 bits per heavy atom. The highest BCUT2D eigenvalue weighted by atomic mass is 16.6. The lowest BCUT2D eigenvalue weighted by atomic mass is 9.91. The first-order valence-electron chi connectivity index (χ1n) is 6.87. The summed E-state index contributed by atoms with van der Waals surface area (Å²) in [5.41, 5.74) is -0.983. The van der Waals surface area contributed by atoms with Crippen LogP contribution in [-0.4, -0.2) is 39.6 Å². The van der Waals surface area contributed by atoms with Crippen LogP contribution >= 0.6 is 0 Å². The SMILES string of the molecule is CC(=NO)C(C)=NO.CC(C)(C)C(=O)OC(=O)C(=O)C(C)(C)C. The molecular formula is C15H26N2O6. The fourth-order valence-corrected chi connectivity index (χ4v) is 0.735. The molecule has 8 heteroatoms. The van der Waals surface area contributed by atoms with Gasteiger partial charge in [-0.2, -0.15) is 0 Å². The number of nitrogens with zero attached hydrogens (tertiary/aromatic N) is 2. The molecule has 132 valence electrons. The Balaban J connectivity index is 0. The van der Waals surface area contributed by atoms with Crippen molar-refractivity contribution in [1.82, 2.24) is 0 Å². The van der Waals surface area contributed by atoms with Crippen LogP contribution in [-0.2, 0) is 19.1 Å². The van der Waals surface area contributed by atoms with E-state index < -0.39 is 28.6 Å². The lowest BCUT2D eigenvalue weighted by Crippen LogP contribution is -2.35. The standard InChI is InChI=1S/C11H18O4.C4H8N2O2/c1-10(2,3)7(12)8(13)15-9(14)11(4,5)6;1-3(5-7)4(2)6-8/h1-6H3;7-8H,1-2H3. The maximum Gasteiger partial charge on any atom is 0.382 e. The maximum atomic E-state index is 11.4. The predicted octanol–water partition coefficient (Wildman–Crippen LogP) is 2.40. The number of ketones is 1. The lowest BCUT2D eigenvalue weighted by Gasteiger charge is -2.18. The summed E-state index contributed by atoms with van der Waals surface area (Å²) in [5, 5.41) is 21.6. The monoisotopic (exact) mass is 330 g/mol. The molecule has 0 aliphatic carbocycles. The van der Waals surface area contributed by atoms with E-state index in [-0.39, 0.29) is 0 Å². The van der Waals surface area contributed by atoms with E-state index in [1.54, 1.807) is 41.5 Å². The Bertz CT molecular complexity index is 491. The van der Waals surface area contributed by atoms with E-state index in [0.29, 0.717) is 11.4 Å². The molecule has 0 saturated carbocycles. The number of hydrogen-bond donors (Lipinski definition) is 2. The van der Waals surface area contributed by atoms with Gasteiger partial charge in [0.05, 0.1) is 5.41 Å². The third-order valence-electron chi connectivity index (χ3n) is 2.49. The van der Waals surface area contributed by atoms with Crippen LogP contribution in [0.1, 0.15) is 55.4 Å². The normalized spacial score (nSPS) is 12.9. The summed E-state index contributed by atoms with van der Waals surface area (Å²) in [6.07, 6.45) is 0. The fraction of sp³-hybridized carbons (Fsp3) is 0.667. The van der Waals surface area contributed by atoms with Gasteiger partial charge < -0.3 is 15.2 Å². The molecule has 0 spiro atoms. The summed E-state index contributed by atoms with van der Waals surface area (Å²) in [7, 11) is 0. The van der Waals surface area contributed by atoms with Crippen LogP contribution in [0.4, 0.5) is 0 Å². The zero-order valence-electron chi connectivity index (χ0n) is 14.9. The minimum absolute atomic E-state index is 0.313. The van der Waals surface area contributed by atoms with Gasteiger partial charge >= 0.3 is 11.9 Å². The van der Waals surface area contributed by atoms with Gasteiger partial charge in [-0.3, -0.25) is 9.59 Å². The molecule has 0 amide bonds. The zero-order chi connectivity index (χ0) is 19.0. The van der Waals surface area contributed by atoms with E-state index in [9.17, 15) is 14.4 Å². The Kier molecular flexibility index (Phi) is 9.03. The number of rotatable bonds is 2. The van der Waals surface area contributed by atoms with Crippen LogP contribution in [0.15, 0.2) is 10.3 Å². The molecule has 0 fully saturated rings. The van der Waals surface area contributed by atoms with Crippen molar-refractivity contribution in [3.8, 4) is 0 Å². The third kappa shape index (κ3) is 9.38. The number of Topliss-reactive ketones (excluding diaryl/α,β-unsaturated/α-hetero) is 1. The molecule has 0 atom stereocenters. The van der Waals surface area contributed by atoms with Gasteiger partial charge in [-0.15, -0.1) is 0 Å². The zero-order valence-corrected chi connectivity index (χ0v) is 14.9. The van der Waals surface area contributed by atoms with Gasteiger partial charge in [0.2, 0.25) is 5.78 Å². The average molecular weight is 330 g/mol. The van der Waals surface area contributed by atoms with E-state index in [4.69, 9.17) is 10.4 Å². The molecular weight excluding hydrogens is 304 g/mol. The minimum atomic E-state index is -1.08. The molecule has 2 N–H and O–H groups in total. The number of esters is 2. The van der Waals surface area contributed by atoms with Crippen molar-refractivity contribution in [1.29, 1.82) is 0 Å². The highest BCUT2D eigenvalue weighted by Crippen LogP contribution is 2.18. The lowest BCUT2D eigenvalue weighted by molar-refractivity contribution is -0.170. The Hall–Kier alpha value is -2.25. The van der Waals surface area contributed by atoms with Gasteiger partial charge in [0.15, 0.2) is 0 Å². The molecule has 0 heterocycles. The van der Waals surface area contributed by atoms with Crippen molar-refractivity contribution in [3.63, 3.8) is 0 Å². The quantitative estimate of drug-likeness (QED) is 0.200. The fourth-order valence-electron chi connectivity index (χ4n) is 0.735. The molecule has 8 nitrogen and oxygen atoms in total. The van der Waals surface area contributed by atoms with Crippen molar-refractivity contribution < 1.29 is 29.5 Å². The predicted molar refractivity (Wildman–Crippen MR) is 84.8 cm³/mol. The van der Waals surface area contributed by atoms with Gasteiger partial charge in [0, 0.05) is 5.41 Å². The topological polar surface area (TPSA) is 126 Å². The van der Waals surface area contributed by atoms with E-state index in [2.05, 4.69) is 15.0 Å². The van der Waals surface area contributed by atoms with Crippen molar-refractivity contribution in [2.24, 2.45) is 21.1 Å². The molecule has 0 bridgehead atoms. The molecule has 0 aromatic rings. The third-order valence-corrected chi connectivity index (χ3v) is 2.49. The number of hydrogen-bond acceptors (Lipinski definition) is 8. The first-order valence-corrected chi connectivity index (χ1v) is 6.87. The van der Waals surface area contributed by atoms with Gasteiger partial charge in [0.25, 0.3) is 0 Å². The van der Waals surface area contributed by atoms with E-state index >= 15 is 0 Å².